The molecule has 1 aliphatic heterocycles. The number of piperidine rings is 1. The van der Waals surface area contributed by atoms with Crippen molar-refractivity contribution in [2.24, 2.45) is 10.9 Å². The molecule has 3 amide bonds. The van der Waals surface area contributed by atoms with Crippen molar-refractivity contribution in [1.82, 2.24) is 9.80 Å². The van der Waals surface area contributed by atoms with Gasteiger partial charge in [0.25, 0.3) is 0 Å². The maximum absolute atomic E-state index is 12.5. The summed E-state index contributed by atoms with van der Waals surface area (Å²) in [6, 6.07) is 10.8. The Labute approximate surface area is 175 Å². The minimum Gasteiger partial charge on any atom is -0.343 e. The number of aliphatic imine (C=N–C) groups is 1. The molecule has 5 heteroatoms. The number of carbonyl (C=O) groups excluding carboxylic acids is 2. The van der Waals surface area contributed by atoms with E-state index in [-0.39, 0.29) is 18.0 Å². The van der Waals surface area contributed by atoms with Crippen LogP contribution >= 0.6 is 0 Å². The van der Waals surface area contributed by atoms with Gasteiger partial charge in [0.15, 0.2) is 0 Å². The first-order valence-corrected chi connectivity index (χ1v) is 11.2. The molecule has 2 fully saturated rings. The first kappa shape index (κ1) is 21.5. The lowest BCUT2D eigenvalue weighted by molar-refractivity contribution is -0.132. The highest BCUT2D eigenvalue weighted by molar-refractivity contribution is 5.84. The highest BCUT2D eigenvalue weighted by atomic mass is 16.2. The molecule has 3 rings (SSSR count). The summed E-state index contributed by atoms with van der Waals surface area (Å²) in [5.41, 5.74) is 1.43. The molecule has 1 aromatic rings. The predicted octanol–water partition coefficient (Wildman–Crippen LogP) is 4.87. The third-order valence-electron chi connectivity index (χ3n) is 6.57. The maximum Gasteiger partial charge on any atom is 0.343 e. The number of urea groups is 1. The van der Waals surface area contributed by atoms with E-state index in [0.29, 0.717) is 18.3 Å². The number of likely N-dealkylation sites (tertiary alicyclic amines) is 1. The molecule has 5 nitrogen and oxygen atoms in total. The van der Waals surface area contributed by atoms with Gasteiger partial charge in [-0.15, -0.1) is 0 Å². The molecule has 0 bridgehead atoms. The van der Waals surface area contributed by atoms with Crippen LogP contribution in [-0.4, -0.2) is 54.1 Å². The Morgan fingerprint density at radius 1 is 1.07 bits per heavy atom. The highest BCUT2D eigenvalue weighted by Crippen LogP contribution is 2.35. The molecule has 0 unspecified atom stereocenters. The zero-order valence-electron chi connectivity index (χ0n) is 17.9. The van der Waals surface area contributed by atoms with E-state index in [9.17, 15) is 9.59 Å². The fourth-order valence-electron chi connectivity index (χ4n) is 4.62. The number of hydrogen-bond donors (Lipinski definition) is 0. The number of carbonyl (C=O) groups is 2. The van der Waals surface area contributed by atoms with Crippen LogP contribution in [0.25, 0.3) is 0 Å². The van der Waals surface area contributed by atoms with Crippen LogP contribution in [0.5, 0.6) is 0 Å². The summed E-state index contributed by atoms with van der Waals surface area (Å²) >= 11 is 0. The van der Waals surface area contributed by atoms with Crippen LogP contribution in [0.4, 0.5) is 4.79 Å². The smallest absolute Gasteiger partial charge is 0.343 e. The lowest BCUT2D eigenvalue weighted by Gasteiger charge is -2.36. The van der Waals surface area contributed by atoms with Gasteiger partial charge in [-0.25, -0.2) is 9.79 Å². The summed E-state index contributed by atoms with van der Waals surface area (Å²) < 4.78 is 0. The predicted molar refractivity (Wildman–Crippen MR) is 117 cm³/mol. The number of benzene rings is 1. The molecule has 2 aliphatic rings. The Hall–Kier alpha value is -2.17. The molecule has 0 atom stereocenters. The highest BCUT2D eigenvalue weighted by Gasteiger charge is 2.27. The molecular weight excluding hydrogens is 362 g/mol. The molecule has 0 N–H and O–H groups in total. The van der Waals surface area contributed by atoms with Crippen LogP contribution in [-0.2, 0) is 4.79 Å². The van der Waals surface area contributed by atoms with E-state index in [4.69, 9.17) is 0 Å². The second-order valence-electron chi connectivity index (χ2n) is 8.56. The summed E-state index contributed by atoms with van der Waals surface area (Å²) in [4.78, 5) is 32.6. The Kier molecular flexibility index (Phi) is 7.84. The van der Waals surface area contributed by atoms with Gasteiger partial charge >= 0.3 is 6.03 Å². The van der Waals surface area contributed by atoms with Crippen LogP contribution in [0.15, 0.2) is 35.3 Å². The van der Waals surface area contributed by atoms with Crippen molar-refractivity contribution in [1.29, 1.82) is 0 Å². The third kappa shape index (κ3) is 5.91. The fourth-order valence-corrected chi connectivity index (χ4v) is 4.62. The summed E-state index contributed by atoms with van der Waals surface area (Å²) in [5, 5.41) is 0. The van der Waals surface area contributed by atoms with Crippen molar-refractivity contribution in [2.75, 3.05) is 20.1 Å². The second kappa shape index (κ2) is 10.6. The maximum atomic E-state index is 12.5. The van der Waals surface area contributed by atoms with Gasteiger partial charge in [0, 0.05) is 38.8 Å². The average molecular weight is 398 g/mol. The van der Waals surface area contributed by atoms with Crippen molar-refractivity contribution >= 4 is 18.2 Å². The second-order valence-corrected chi connectivity index (χ2v) is 8.56. The first-order chi connectivity index (χ1) is 14.1. The van der Waals surface area contributed by atoms with Gasteiger partial charge in [-0.1, -0.05) is 37.3 Å². The van der Waals surface area contributed by atoms with Crippen molar-refractivity contribution < 1.29 is 9.59 Å². The molecule has 1 saturated carbocycles. The monoisotopic (exact) mass is 397 g/mol. The molecule has 1 heterocycles. The minimum absolute atomic E-state index is 0.145. The van der Waals surface area contributed by atoms with E-state index in [0.717, 1.165) is 58.0 Å². The topological polar surface area (TPSA) is 53.0 Å². The van der Waals surface area contributed by atoms with Crippen molar-refractivity contribution in [3.8, 4) is 0 Å². The Balaban J connectivity index is 1.42. The van der Waals surface area contributed by atoms with Gasteiger partial charge in [-0.05, 0) is 62.3 Å². The van der Waals surface area contributed by atoms with E-state index in [1.54, 1.807) is 4.90 Å². The number of rotatable bonds is 5. The largest absolute Gasteiger partial charge is 0.343 e. The zero-order chi connectivity index (χ0) is 20.6. The number of nitrogens with zero attached hydrogens (tertiary/aromatic N) is 3. The van der Waals surface area contributed by atoms with Gasteiger partial charge in [-0.3, -0.25) is 4.79 Å². The van der Waals surface area contributed by atoms with Gasteiger partial charge in [0.05, 0.1) is 0 Å². The summed E-state index contributed by atoms with van der Waals surface area (Å²) in [5.74, 6) is 1.28. The molecule has 0 spiro atoms. The molecule has 158 valence electrons. The fraction of sp³-hybridized carbons (Fsp3) is 0.625. The van der Waals surface area contributed by atoms with Crippen LogP contribution in [0.2, 0.25) is 0 Å². The van der Waals surface area contributed by atoms with E-state index < -0.39 is 0 Å². The van der Waals surface area contributed by atoms with Crippen molar-refractivity contribution in [2.45, 2.75) is 70.3 Å². The molecule has 1 aromatic carbocycles. The van der Waals surface area contributed by atoms with Gasteiger partial charge in [0.2, 0.25) is 5.91 Å². The summed E-state index contributed by atoms with van der Waals surface area (Å²) in [6.45, 7) is 3.52. The Bertz CT molecular complexity index is 687. The summed E-state index contributed by atoms with van der Waals surface area (Å²) in [6.07, 6.45) is 9.60. The van der Waals surface area contributed by atoms with Crippen LogP contribution in [0.1, 0.15) is 69.8 Å². The quantitative estimate of drug-likeness (QED) is 0.665. The van der Waals surface area contributed by atoms with E-state index in [1.807, 2.05) is 25.1 Å². The Morgan fingerprint density at radius 3 is 2.34 bits per heavy atom. The molecule has 29 heavy (non-hydrogen) atoms. The lowest BCUT2D eigenvalue weighted by atomic mass is 9.79. The Morgan fingerprint density at radius 2 is 1.72 bits per heavy atom. The molecule has 1 aliphatic carbocycles. The average Bonchev–Trinajstić information content (AvgIpc) is 2.78. The molecule has 0 radical (unpaired) electrons. The molecule has 1 saturated heterocycles. The third-order valence-corrected chi connectivity index (χ3v) is 6.57. The van der Waals surface area contributed by atoms with Gasteiger partial charge in [0.1, 0.15) is 0 Å². The van der Waals surface area contributed by atoms with Crippen molar-refractivity contribution in [3.05, 3.63) is 35.9 Å². The SMILES string of the molecule is CCCC(=O)N1CCC(N(C)C(=O)/N=C/C2CCC(c3ccccc3)CC2)CC1. The molecule has 0 aromatic heterocycles. The van der Waals surface area contributed by atoms with E-state index in [2.05, 4.69) is 35.3 Å². The number of hydrogen-bond acceptors (Lipinski definition) is 2. The van der Waals surface area contributed by atoms with Gasteiger partial charge < -0.3 is 9.80 Å². The first-order valence-electron chi connectivity index (χ1n) is 11.2. The normalized spacial score (nSPS) is 23.3. The lowest BCUT2D eigenvalue weighted by Crippen LogP contribution is -2.46. The van der Waals surface area contributed by atoms with Crippen LogP contribution < -0.4 is 0 Å². The van der Waals surface area contributed by atoms with Crippen LogP contribution in [0.3, 0.4) is 0 Å². The van der Waals surface area contributed by atoms with E-state index in [1.165, 1.54) is 5.56 Å². The van der Waals surface area contributed by atoms with E-state index >= 15 is 0 Å². The number of amides is 3. The zero-order valence-corrected chi connectivity index (χ0v) is 17.9. The standard InChI is InChI=1S/C24H35N3O2/c1-3-7-23(28)27-16-14-22(15-17-27)26(2)24(29)25-18-19-10-12-21(13-11-19)20-8-5-4-6-9-20/h4-6,8-9,18-19,21-22H,3,7,10-17H2,1-2H3/b25-18+. The van der Waals surface area contributed by atoms with Gasteiger partial charge in [-0.2, -0.15) is 0 Å². The van der Waals surface area contributed by atoms with Crippen molar-refractivity contribution in [3.63, 3.8) is 0 Å². The van der Waals surface area contributed by atoms with Crippen LogP contribution in [0, 0.1) is 5.92 Å². The minimum atomic E-state index is -0.145. The molecular formula is C24H35N3O2. The summed E-state index contributed by atoms with van der Waals surface area (Å²) in [7, 11) is 1.85.